The van der Waals surface area contributed by atoms with E-state index in [0.717, 1.165) is 44.6 Å². The SMILES string of the molecule is Cc1cc2c(oc3ccc(-c4cc(-c5ccccc5)c([Si](C)(C)C)cn4)cc32)c(C)n1. The van der Waals surface area contributed by atoms with Crippen LogP contribution in [0.1, 0.15) is 11.4 Å². The van der Waals surface area contributed by atoms with E-state index in [-0.39, 0.29) is 0 Å². The van der Waals surface area contributed by atoms with Crippen LogP contribution in [0.2, 0.25) is 19.6 Å². The van der Waals surface area contributed by atoms with Crippen LogP contribution < -0.4 is 5.19 Å². The summed E-state index contributed by atoms with van der Waals surface area (Å²) >= 11 is 0. The van der Waals surface area contributed by atoms with Gasteiger partial charge in [0.15, 0.2) is 5.58 Å². The minimum absolute atomic E-state index is 0.866. The number of aryl methyl sites for hydroxylation is 2. The number of nitrogens with zero attached hydrogens (tertiary/aromatic N) is 2. The lowest BCUT2D eigenvalue weighted by Gasteiger charge is -2.21. The predicted octanol–water partition coefficient (Wildman–Crippen LogP) is 6.87. The van der Waals surface area contributed by atoms with Crippen LogP contribution in [0.25, 0.3) is 44.3 Å². The van der Waals surface area contributed by atoms with Gasteiger partial charge in [-0.3, -0.25) is 9.97 Å². The molecule has 0 radical (unpaired) electrons. The molecule has 0 unspecified atom stereocenters. The first-order chi connectivity index (χ1) is 14.8. The molecule has 0 aliphatic heterocycles. The van der Waals surface area contributed by atoms with Crippen LogP contribution in [0, 0.1) is 13.8 Å². The quantitative estimate of drug-likeness (QED) is 0.298. The van der Waals surface area contributed by atoms with Gasteiger partial charge in [-0.25, -0.2) is 0 Å². The number of benzene rings is 2. The Morgan fingerprint density at radius 2 is 1.58 bits per heavy atom. The summed E-state index contributed by atoms with van der Waals surface area (Å²) in [5.74, 6) is 0. The lowest BCUT2D eigenvalue weighted by molar-refractivity contribution is 0.662. The van der Waals surface area contributed by atoms with Gasteiger partial charge in [0.05, 0.1) is 19.5 Å². The Morgan fingerprint density at radius 3 is 2.32 bits per heavy atom. The Labute approximate surface area is 183 Å². The third-order valence-corrected chi connectivity index (χ3v) is 7.86. The summed E-state index contributed by atoms with van der Waals surface area (Å²) in [4.78, 5) is 9.45. The standard InChI is InChI=1S/C27H26N2OSi/c1-17-13-23-22-14-20(11-12-25(22)30-27(23)18(2)29-17)24-15-21(19-9-7-6-8-10-19)26(16-28-24)31(3,4)5/h6-16H,1-5H3. The Morgan fingerprint density at radius 1 is 0.806 bits per heavy atom. The molecule has 31 heavy (non-hydrogen) atoms. The van der Waals surface area contributed by atoms with Crippen LogP contribution in [0.15, 0.2) is 71.3 Å². The Kier molecular flexibility index (Phi) is 4.56. The third-order valence-electron chi connectivity index (χ3n) is 5.84. The molecule has 0 atom stereocenters. The van der Waals surface area contributed by atoms with Gasteiger partial charge in [0, 0.05) is 28.2 Å². The first-order valence-electron chi connectivity index (χ1n) is 10.7. The van der Waals surface area contributed by atoms with E-state index in [2.05, 4.69) is 91.5 Å². The zero-order valence-corrected chi connectivity index (χ0v) is 19.7. The molecule has 0 saturated carbocycles. The van der Waals surface area contributed by atoms with Crippen molar-refractivity contribution in [2.75, 3.05) is 0 Å². The van der Waals surface area contributed by atoms with Crippen molar-refractivity contribution in [2.24, 2.45) is 0 Å². The molecular weight excluding hydrogens is 396 g/mol. The molecule has 0 amide bonds. The van der Waals surface area contributed by atoms with Crippen molar-refractivity contribution in [3.05, 3.63) is 78.2 Å². The molecule has 0 fully saturated rings. The molecule has 3 nitrogen and oxygen atoms in total. The molecule has 3 aromatic heterocycles. The van der Waals surface area contributed by atoms with Gasteiger partial charge in [0.2, 0.25) is 0 Å². The highest BCUT2D eigenvalue weighted by Gasteiger charge is 2.22. The van der Waals surface area contributed by atoms with Crippen LogP contribution in [0.4, 0.5) is 0 Å². The van der Waals surface area contributed by atoms with Gasteiger partial charge in [-0.15, -0.1) is 0 Å². The summed E-state index contributed by atoms with van der Waals surface area (Å²) in [6.07, 6.45) is 2.10. The highest BCUT2D eigenvalue weighted by Crippen LogP contribution is 2.34. The predicted molar refractivity (Wildman–Crippen MR) is 133 cm³/mol. The van der Waals surface area contributed by atoms with Gasteiger partial charge in [-0.2, -0.15) is 0 Å². The number of pyridine rings is 2. The summed E-state index contributed by atoms with van der Waals surface area (Å²) in [6, 6.07) is 21.4. The van der Waals surface area contributed by atoms with Gasteiger partial charge >= 0.3 is 0 Å². The maximum atomic E-state index is 6.11. The number of fused-ring (bicyclic) bond motifs is 3. The third kappa shape index (κ3) is 3.47. The van der Waals surface area contributed by atoms with Crippen LogP contribution in [0.5, 0.6) is 0 Å². The zero-order chi connectivity index (χ0) is 21.8. The van der Waals surface area contributed by atoms with E-state index in [4.69, 9.17) is 9.40 Å². The second kappa shape index (κ2) is 7.17. The van der Waals surface area contributed by atoms with Crippen molar-refractivity contribution in [3.8, 4) is 22.4 Å². The topological polar surface area (TPSA) is 38.9 Å². The van der Waals surface area contributed by atoms with Gasteiger partial charge in [0.1, 0.15) is 5.58 Å². The average Bonchev–Trinajstić information content (AvgIpc) is 3.11. The summed E-state index contributed by atoms with van der Waals surface area (Å²) in [7, 11) is -1.55. The highest BCUT2D eigenvalue weighted by atomic mass is 28.3. The summed E-state index contributed by atoms with van der Waals surface area (Å²) in [6.45, 7) is 11.1. The zero-order valence-electron chi connectivity index (χ0n) is 18.7. The molecule has 154 valence electrons. The number of hydrogen-bond donors (Lipinski definition) is 0. The van der Waals surface area contributed by atoms with Crippen molar-refractivity contribution >= 4 is 35.2 Å². The molecule has 3 heterocycles. The summed E-state index contributed by atoms with van der Waals surface area (Å²) in [5.41, 5.74) is 8.30. The second-order valence-corrected chi connectivity index (χ2v) is 14.3. The largest absolute Gasteiger partial charge is 0.454 e. The second-order valence-electron chi connectivity index (χ2n) is 9.27. The maximum absolute atomic E-state index is 6.11. The van der Waals surface area contributed by atoms with E-state index in [1.54, 1.807) is 0 Å². The van der Waals surface area contributed by atoms with Crippen molar-refractivity contribution in [3.63, 3.8) is 0 Å². The first kappa shape index (κ1) is 19.7. The Balaban J connectivity index is 1.72. The van der Waals surface area contributed by atoms with Crippen LogP contribution in [-0.4, -0.2) is 18.0 Å². The maximum Gasteiger partial charge on any atom is 0.156 e. The molecule has 0 aliphatic rings. The van der Waals surface area contributed by atoms with E-state index in [1.807, 2.05) is 13.8 Å². The number of hydrogen-bond acceptors (Lipinski definition) is 3. The van der Waals surface area contributed by atoms with Gasteiger partial charge in [-0.1, -0.05) is 50.0 Å². The van der Waals surface area contributed by atoms with Gasteiger partial charge in [0.25, 0.3) is 0 Å². The molecule has 2 aromatic carbocycles. The minimum atomic E-state index is -1.55. The van der Waals surface area contributed by atoms with Crippen molar-refractivity contribution in [1.82, 2.24) is 9.97 Å². The lowest BCUT2D eigenvalue weighted by Crippen LogP contribution is -2.39. The molecule has 0 bridgehead atoms. The van der Waals surface area contributed by atoms with Crippen molar-refractivity contribution in [1.29, 1.82) is 0 Å². The van der Waals surface area contributed by atoms with E-state index in [0.29, 0.717) is 0 Å². The van der Waals surface area contributed by atoms with Gasteiger partial charge in [-0.05, 0) is 60.5 Å². The fourth-order valence-corrected chi connectivity index (χ4v) is 5.79. The molecule has 4 heteroatoms. The molecule has 0 aliphatic carbocycles. The van der Waals surface area contributed by atoms with E-state index in [1.165, 1.54) is 16.3 Å². The van der Waals surface area contributed by atoms with Crippen LogP contribution in [-0.2, 0) is 0 Å². The number of furan rings is 1. The van der Waals surface area contributed by atoms with Crippen LogP contribution in [0.3, 0.4) is 0 Å². The Bertz CT molecular complexity index is 1430. The van der Waals surface area contributed by atoms with Crippen molar-refractivity contribution < 1.29 is 4.42 Å². The fourth-order valence-electron chi connectivity index (χ4n) is 4.31. The molecule has 0 spiro atoms. The molecule has 0 saturated heterocycles. The Hall–Kier alpha value is -3.24. The lowest BCUT2D eigenvalue weighted by atomic mass is 10.0. The first-order valence-corrected chi connectivity index (χ1v) is 14.2. The highest BCUT2D eigenvalue weighted by molar-refractivity contribution is 6.89. The summed E-state index contributed by atoms with van der Waals surface area (Å²) in [5, 5.41) is 3.61. The molecular formula is C27H26N2OSi. The molecule has 5 aromatic rings. The van der Waals surface area contributed by atoms with Crippen LogP contribution >= 0.6 is 0 Å². The molecule has 0 N–H and O–H groups in total. The normalized spacial score (nSPS) is 12.0. The van der Waals surface area contributed by atoms with E-state index in [9.17, 15) is 0 Å². The smallest absolute Gasteiger partial charge is 0.156 e. The van der Waals surface area contributed by atoms with Crippen molar-refractivity contribution in [2.45, 2.75) is 33.5 Å². The summed E-state index contributed by atoms with van der Waals surface area (Å²) < 4.78 is 6.11. The molecule has 5 rings (SSSR count). The van der Waals surface area contributed by atoms with E-state index < -0.39 is 8.07 Å². The fraction of sp³-hybridized carbons (Fsp3) is 0.185. The van der Waals surface area contributed by atoms with Gasteiger partial charge < -0.3 is 4.42 Å². The minimum Gasteiger partial charge on any atom is -0.454 e. The number of rotatable bonds is 3. The number of aromatic nitrogens is 2. The average molecular weight is 423 g/mol. The monoisotopic (exact) mass is 422 g/mol. The van der Waals surface area contributed by atoms with E-state index >= 15 is 0 Å².